The first-order chi connectivity index (χ1) is 16.0. The van der Waals surface area contributed by atoms with Gasteiger partial charge in [0.1, 0.15) is 5.75 Å². The number of benzene rings is 1. The van der Waals surface area contributed by atoms with Crippen LogP contribution in [0.15, 0.2) is 48.9 Å². The SMILES string of the molecule is CC(Oc1cccc2c(C[C@@H](C)NC[C@H](O)c3cccnc3)c[nH]c12)C(=O)N1CCCCC1. The van der Waals surface area contributed by atoms with Crippen LogP contribution in [0.2, 0.25) is 0 Å². The van der Waals surface area contributed by atoms with Crippen molar-refractivity contribution in [3.8, 4) is 5.75 Å². The van der Waals surface area contributed by atoms with E-state index in [1.165, 1.54) is 12.0 Å². The summed E-state index contributed by atoms with van der Waals surface area (Å²) in [5.74, 6) is 0.757. The molecule has 1 unspecified atom stereocenters. The second-order valence-electron chi connectivity index (χ2n) is 8.95. The van der Waals surface area contributed by atoms with Crippen LogP contribution in [-0.4, -0.2) is 57.7 Å². The van der Waals surface area contributed by atoms with Crippen LogP contribution in [0.1, 0.15) is 50.3 Å². The third kappa shape index (κ3) is 5.72. The lowest BCUT2D eigenvalue weighted by atomic mass is 10.1. The number of hydrogen-bond acceptors (Lipinski definition) is 5. The van der Waals surface area contributed by atoms with Gasteiger partial charge in [-0.25, -0.2) is 0 Å². The highest BCUT2D eigenvalue weighted by molar-refractivity contribution is 5.89. The van der Waals surface area contributed by atoms with Crippen molar-refractivity contribution < 1.29 is 14.6 Å². The van der Waals surface area contributed by atoms with Gasteiger partial charge in [0.25, 0.3) is 5.91 Å². The fourth-order valence-corrected chi connectivity index (χ4v) is 4.47. The van der Waals surface area contributed by atoms with Gasteiger partial charge in [0, 0.05) is 55.2 Å². The molecule has 1 aliphatic rings. The van der Waals surface area contributed by atoms with Crippen molar-refractivity contribution in [2.75, 3.05) is 19.6 Å². The van der Waals surface area contributed by atoms with Crippen LogP contribution < -0.4 is 10.1 Å². The molecule has 3 atom stereocenters. The molecule has 33 heavy (non-hydrogen) atoms. The lowest BCUT2D eigenvalue weighted by molar-refractivity contribution is -0.138. The Bertz CT molecular complexity index is 1050. The largest absolute Gasteiger partial charge is 0.479 e. The number of nitrogens with one attached hydrogen (secondary N) is 2. The Morgan fingerprint density at radius 3 is 2.79 bits per heavy atom. The summed E-state index contributed by atoms with van der Waals surface area (Å²) in [4.78, 5) is 22.1. The Balaban J connectivity index is 1.37. The maximum Gasteiger partial charge on any atom is 0.263 e. The topological polar surface area (TPSA) is 90.5 Å². The van der Waals surface area contributed by atoms with Gasteiger partial charge in [-0.05, 0) is 57.2 Å². The number of H-pyrrole nitrogens is 1. The highest BCUT2D eigenvalue weighted by Crippen LogP contribution is 2.29. The molecule has 1 aromatic carbocycles. The molecule has 3 aromatic rings. The monoisotopic (exact) mass is 450 g/mol. The molecule has 1 fully saturated rings. The van der Waals surface area contributed by atoms with Crippen molar-refractivity contribution in [2.45, 2.75) is 57.8 Å². The fraction of sp³-hybridized carbons (Fsp3) is 0.462. The Labute approximate surface area is 195 Å². The lowest BCUT2D eigenvalue weighted by Gasteiger charge is -2.29. The van der Waals surface area contributed by atoms with Crippen LogP contribution in [-0.2, 0) is 11.2 Å². The molecule has 7 nitrogen and oxygen atoms in total. The Morgan fingerprint density at radius 1 is 1.21 bits per heavy atom. The van der Waals surface area contributed by atoms with Crippen molar-refractivity contribution in [3.05, 3.63) is 60.0 Å². The van der Waals surface area contributed by atoms with Crippen LogP contribution >= 0.6 is 0 Å². The Morgan fingerprint density at radius 2 is 2.03 bits per heavy atom. The minimum atomic E-state index is -0.594. The molecule has 3 heterocycles. The van der Waals surface area contributed by atoms with E-state index in [1.807, 2.05) is 42.3 Å². The molecule has 1 aliphatic heterocycles. The molecule has 2 aromatic heterocycles. The number of fused-ring (bicyclic) bond motifs is 1. The molecule has 0 radical (unpaired) electrons. The highest BCUT2D eigenvalue weighted by Gasteiger charge is 2.24. The van der Waals surface area contributed by atoms with Crippen molar-refractivity contribution in [1.29, 1.82) is 0 Å². The van der Waals surface area contributed by atoms with Gasteiger partial charge in [0.15, 0.2) is 6.10 Å². The zero-order chi connectivity index (χ0) is 23.2. The number of ether oxygens (including phenoxy) is 1. The molecular weight excluding hydrogens is 416 g/mol. The van der Waals surface area contributed by atoms with E-state index in [1.54, 1.807) is 12.4 Å². The molecule has 3 N–H and O–H groups in total. The second-order valence-corrected chi connectivity index (χ2v) is 8.95. The van der Waals surface area contributed by atoms with Crippen LogP contribution in [0, 0.1) is 0 Å². The van der Waals surface area contributed by atoms with E-state index in [0.29, 0.717) is 12.3 Å². The zero-order valence-electron chi connectivity index (χ0n) is 19.5. The van der Waals surface area contributed by atoms with Crippen molar-refractivity contribution in [2.24, 2.45) is 0 Å². The van der Waals surface area contributed by atoms with Crippen LogP contribution in [0.4, 0.5) is 0 Å². The minimum absolute atomic E-state index is 0.0588. The molecule has 1 amide bonds. The number of aromatic amines is 1. The van der Waals surface area contributed by atoms with Crippen LogP contribution in [0.5, 0.6) is 5.75 Å². The minimum Gasteiger partial charge on any atom is -0.479 e. The molecular formula is C26H34N4O3. The molecule has 4 rings (SSSR count). The number of hydrogen-bond donors (Lipinski definition) is 3. The number of carbonyl (C=O) groups excluding carboxylic acids is 1. The summed E-state index contributed by atoms with van der Waals surface area (Å²) in [6.45, 7) is 6.04. The van der Waals surface area contributed by atoms with E-state index in [4.69, 9.17) is 4.74 Å². The highest BCUT2D eigenvalue weighted by atomic mass is 16.5. The van der Waals surface area contributed by atoms with Gasteiger partial charge in [0.2, 0.25) is 0 Å². The summed E-state index contributed by atoms with van der Waals surface area (Å²) in [5, 5.41) is 14.9. The van der Waals surface area contributed by atoms with Gasteiger partial charge in [0.05, 0.1) is 11.6 Å². The average Bonchev–Trinajstić information content (AvgIpc) is 3.26. The first kappa shape index (κ1) is 23.3. The number of rotatable bonds is 9. The third-order valence-corrected chi connectivity index (χ3v) is 6.34. The number of para-hydroxylation sites is 1. The third-order valence-electron chi connectivity index (χ3n) is 6.34. The summed E-state index contributed by atoms with van der Waals surface area (Å²) < 4.78 is 6.11. The average molecular weight is 451 g/mol. The summed E-state index contributed by atoms with van der Waals surface area (Å²) in [7, 11) is 0. The Hall–Kier alpha value is -2.90. The summed E-state index contributed by atoms with van der Waals surface area (Å²) in [6.07, 6.45) is 8.41. The molecule has 0 saturated carbocycles. The van der Waals surface area contributed by atoms with E-state index >= 15 is 0 Å². The number of nitrogens with zero attached hydrogens (tertiary/aromatic N) is 2. The molecule has 176 valence electrons. The van der Waals surface area contributed by atoms with E-state index in [9.17, 15) is 9.90 Å². The number of pyridine rings is 1. The molecule has 0 bridgehead atoms. The van der Waals surface area contributed by atoms with E-state index in [-0.39, 0.29) is 11.9 Å². The smallest absolute Gasteiger partial charge is 0.263 e. The fourth-order valence-electron chi connectivity index (χ4n) is 4.47. The number of carbonyl (C=O) groups is 1. The van der Waals surface area contributed by atoms with Gasteiger partial charge >= 0.3 is 0 Å². The van der Waals surface area contributed by atoms with Crippen molar-refractivity contribution >= 4 is 16.8 Å². The molecule has 0 aliphatic carbocycles. The number of likely N-dealkylation sites (tertiary alicyclic amines) is 1. The number of amides is 1. The molecule has 1 saturated heterocycles. The first-order valence-corrected chi connectivity index (χ1v) is 11.9. The van der Waals surface area contributed by atoms with Crippen molar-refractivity contribution in [1.82, 2.24) is 20.2 Å². The number of aliphatic hydroxyl groups is 1. The maximum atomic E-state index is 12.8. The maximum absolute atomic E-state index is 12.8. The van der Waals surface area contributed by atoms with Crippen molar-refractivity contribution in [3.63, 3.8) is 0 Å². The molecule has 7 heteroatoms. The predicted octanol–water partition coefficient (Wildman–Crippen LogP) is 3.60. The van der Waals surface area contributed by atoms with Crippen LogP contribution in [0.3, 0.4) is 0 Å². The molecule has 0 spiro atoms. The quantitative estimate of drug-likeness (QED) is 0.463. The first-order valence-electron chi connectivity index (χ1n) is 11.9. The summed E-state index contributed by atoms with van der Waals surface area (Å²) in [6, 6.07) is 9.82. The van der Waals surface area contributed by atoms with Gasteiger partial charge in [-0.1, -0.05) is 18.2 Å². The second kappa shape index (κ2) is 10.8. The number of aliphatic hydroxyl groups excluding tert-OH is 1. The normalized spacial score (nSPS) is 17.0. The number of aromatic nitrogens is 2. The van der Waals surface area contributed by atoms with Gasteiger partial charge < -0.3 is 25.0 Å². The standard InChI is InChI=1S/C26H34N4O3/c1-18(28-17-23(31)20-8-7-11-27-15-20)14-21-16-29-25-22(21)9-6-10-24(25)33-19(2)26(32)30-12-4-3-5-13-30/h6-11,15-16,18-19,23,28-29,31H,3-5,12-14,17H2,1-2H3/t18-,19?,23+/m1/s1. The van der Waals surface area contributed by atoms with Crippen LogP contribution in [0.25, 0.3) is 10.9 Å². The summed E-state index contributed by atoms with van der Waals surface area (Å²) >= 11 is 0. The van der Waals surface area contributed by atoms with Gasteiger partial charge in [-0.2, -0.15) is 0 Å². The van der Waals surface area contributed by atoms with E-state index < -0.39 is 12.2 Å². The Kier molecular flexibility index (Phi) is 7.62. The van der Waals surface area contributed by atoms with E-state index in [2.05, 4.69) is 28.3 Å². The predicted molar refractivity (Wildman–Crippen MR) is 129 cm³/mol. The van der Waals surface area contributed by atoms with Gasteiger partial charge in [-0.15, -0.1) is 0 Å². The zero-order valence-corrected chi connectivity index (χ0v) is 19.5. The van der Waals surface area contributed by atoms with E-state index in [0.717, 1.165) is 48.8 Å². The lowest BCUT2D eigenvalue weighted by Crippen LogP contribution is -2.43. The van der Waals surface area contributed by atoms with Gasteiger partial charge in [-0.3, -0.25) is 9.78 Å². The number of piperidine rings is 1. The summed E-state index contributed by atoms with van der Waals surface area (Å²) in [5.41, 5.74) is 2.88.